The topological polar surface area (TPSA) is 95.0 Å². The van der Waals surface area contributed by atoms with Crippen LogP contribution in [0.25, 0.3) is 0 Å². The Morgan fingerprint density at radius 3 is 2.83 bits per heavy atom. The minimum absolute atomic E-state index is 0.0522. The number of aliphatic hydroxyl groups is 1. The van der Waals surface area contributed by atoms with Crippen LogP contribution in [0.4, 0.5) is 5.82 Å². The van der Waals surface area contributed by atoms with E-state index in [0.717, 1.165) is 17.8 Å². The Labute approximate surface area is 106 Å². The van der Waals surface area contributed by atoms with E-state index < -0.39 is 0 Å². The van der Waals surface area contributed by atoms with Gasteiger partial charge >= 0.3 is 0 Å². The lowest BCUT2D eigenvalue weighted by Gasteiger charge is -2.21. The number of amidine groups is 1. The summed E-state index contributed by atoms with van der Waals surface area (Å²) in [6.07, 6.45) is 0.373. The molecule has 0 spiro atoms. The number of rotatable bonds is 2. The van der Waals surface area contributed by atoms with Crippen LogP contribution in [0, 0.1) is 13.8 Å². The van der Waals surface area contributed by atoms with Crippen LogP contribution in [0.15, 0.2) is 11.2 Å². The zero-order chi connectivity index (χ0) is 13.3. The van der Waals surface area contributed by atoms with Crippen molar-refractivity contribution in [2.45, 2.75) is 26.4 Å². The summed E-state index contributed by atoms with van der Waals surface area (Å²) in [6, 6.07) is 1.89. The maximum absolute atomic E-state index is 9.61. The molecule has 2 heterocycles. The molecule has 98 valence electrons. The van der Waals surface area contributed by atoms with Crippen molar-refractivity contribution >= 4 is 11.7 Å². The molecular formula is C12H18N4O2. The van der Waals surface area contributed by atoms with Crippen molar-refractivity contribution in [3.63, 3.8) is 0 Å². The first-order valence-corrected chi connectivity index (χ1v) is 5.92. The molecular weight excluding hydrogens is 232 g/mol. The van der Waals surface area contributed by atoms with Gasteiger partial charge in [-0.25, -0.2) is 4.98 Å². The van der Waals surface area contributed by atoms with E-state index in [1.165, 1.54) is 0 Å². The summed E-state index contributed by atoms with van der Waals surface area (Å²) in [4.78, 5) is 6.43. The summed E-state index contributed by atoms with van der Waals surface area (Å²) in [6.45, 7) is 5.06. The van der Waals surface area contributed by atoms with Gasteiger partial charge in [0.05, 0.1) is 11.7 Å². The number of hydrogen-bond acceptors (Lipinski definition) is 5. The molecule has 1 aliphatic rings. The molecule has 6 nitrogen and oxygen atoms in total. The second-order valence-electron chi connectivity index (χ2n) is 4.65. The first-order valence-electron chi connectivity index (χ1n) is 5.92. The Kier molecular flexibility index (Phi) is 3.38. The number of aromatic nitrogens is 1. The molecule has 2 rings (SSSR count). The van der Waals surface area contributed by atoms with E-state index in [1.54, 1.807) is 0 Å². The van der Waals surface area contributed by atoms with Crippen LogP contribution in [0.2, 0.25) is 0 Å². The summed E-state index contributed by atoms with van der Waals surface area (Å²) in [5, 5.41) is 21.5. The first-order chi connectivity index (χ1) is 8.52. The highest BCUT2D eigenvalue weighted by atomic mass is 16.4. The minimum Gasteiger partial charge on any atom is -0.409 e. The normalized spacial score (nSPS) is 20.5. The van der Waals surface area contributed by atoms with Gasteiger partial charge in [0.25, 0.3) is 0 Å². The molecule has 0 amide bonds. The Bertz CT molecular complexity index is 487. The molecule has 0 radical (unpaired) electrons. The van der Waals surface area contributed by atoms with Crippen molar-refractivity contribution in [1.82, 2.24) is 4.98 Å². The van der Waals surface area contributed by atoms with E-state index in [0.29, 0.717) is 24.3 Å². The molecule has 6 heteroatoms. The molecule has 1 fully saturated rings. The summed E-state index contributed by atoms with van der Waals surface area (Å²) in [5.74, 6) is 0.732. The van der Waals surface area contributed by atoms with Crippen molar-refractivity contribution in [3.8, 4) is 0 Å². The number of β-amino-alcohol motifs (C(OH)–C–C–N with tert-alkyl or cyclic N) is 1. The van der Waals surface area contributed by atoms with E-state index in [4.69, 9.17) is 10.9 Å². The highest BCUT2D eigenvalue weighted by Crippen LogP contribution is 2.25. The fourth-order valence-corrected chi connectivity index (χ4v) is 2.35. The van der Waals surface area contributed by atoms with Crippen molar-refractivity contribution in [2.75, 3.05) is 18.0 Å². The number of aryl methyl sites for hydroxylation is 2. The van der Waals surface area contributed by atoms with Gasteiger partial charge in [-0.05, 0) is 31.9 Å². The summed E-state index contributed by atoms with van der Waals surface area (Å²) in [7, 11) is 0. The van der Waals surface area contributed by atoms with Gasteiger partial charge in [-0.3, -0.25) is 0 Å². The van der Waals surface area contributed by atoms with Crippen molar-refractivity contribution in [2.24, 2.45) is 10.9 Å². The van der Waals surface area contributed by atoms with Gasteiger partial charge < -0.3 is 20.9 Å². The predicted molar refractivity (Wildman–Crippen MR) is 69.1 cm³/mol. The van der Waals surface area contributed by atoms with Gasteiger partial charge in [-0.1, -0.05) is 5.16 Å². The lowest BCUT2D eigenvalue weighted by Crippen LogP contribution is -2.27. The van der Waals surface area contributed by atoms with Gasteiger partial charge in [0.15, 0.2) is 5.84 Å². The quantitative estimate of drug-likeness (QED) is 0.305. The second-order valence-corrected chi connectivity index (χ2v) is 4.65. The molecule has 1 aromatic rings. The average molecular weight is 250 g/mol. The average Bonchev–Trinajstić information content (AvgIpc) is 2.74. The number of hydrogen-bond donors (Lipinski definition) is 3. The van der Waals surface area contributed by atoms with Crippen molar-refractivity contribution < 1.29 is 10.3 Å². The molecule has 0 saturated carbocycles. The van der Waals surface area contributed by atoms with Crippen LogP contribution in [0.3, 0.4) is 0 Å². The first kappa shape index (κ1) is 12.6. The van der Waals surface area contributed by atoms with E-state index >= 15 is 0 Å². The molecule has 1 unspecified atom stereocenters. The molecule has 1 aliphatic heterocycles. The van der Waals surface area contributed by atoms with E-state index in [9.17, 15) is 5.11 Å². The Hall–Kier alpha value is -1.82. The maximum atomic E-state index is 9.61. The monoisotopic (exact) mass is 250 g/mol. The summed E-state index contributed by atoms with van der Waals surface area (Å²) < 4.78 is 0. The fourth-order valence-electron chi connectivity index (χ4n) is 2.35. The zero-order valence-electron chi connectivity index (χ0n) is 10.6. The Morgan fingerprint density at radius 1 is 1.56 bits per heavy atom. The summed E-state index contributed by atoms with van der Waals surface area (Å²) >= 11 is 0. The van der Waals surface area contributed by atoms with E-state index in [-0.39, 0.29) is 11.9 Å². The molecule has 0 aromatic carbocycles. The lowest BCUT2D eigenvalue weighted by atomic mass is 10.1. The SMILES string of the molecule is Cc1cc(C)c(C(N)=NO)c(N2CCC(O)C2)n1. The minimum atomic E-state index is -0.340. The smallest absolute Gasteiger partial charge is 0.174 e. The number of anilines is 1. The highest BCUT2D eigenvalue weighted by molar-refractivity contribution is 6.02. The fraction of sp³-hybridized carbons (Fsp3) is 0.500. The maximum Gasteiger partial charge on any atom is 0.174 e. The summed E-state index contributed by atoms with van der Waals surface area (Å²) in [5.41, 5.74) is 8.14. The molecule has 18 heavy (non-hydrogen) atoms. The van der Waals surface area contributed by atoms with Crippen molar-refractivity contribution in [1.29, 1.82) is 0 Å². The van der Waals surface area contributed by atoms with Crippen LogP contribution in [0.5, 0.6) is 0 Å². The van der Waals surface area contributed by atoms with Gasteiger partial charge in [0, 0.05) is 18.8 Å². The molecule has 1 saturated heterocycles. The lowest BCUT2D eigenvalue weighted by molar-refractivity contribution is 0.198. The Balaban J connectivity index is 2.50. The number of pyridine rings is 1. The number of nitrogens with zero attached hydrogens (tertiary/aromatic N) is 3. The van der Waals surface area contributed by atoms with Gasteiger partial charge in [0.1, 0.15) is 5.82 Å². The third-order valence-electron chi connectivity index (χ3n) is 3.15. The van der Waals surface area contributed by atoms with Crippen LogP contribution >= 0.6 is 0 Å². The third kappa shape index (κ3) is 2.24. The predicted octanol–water partition coefficient (Wildman–Crippen LogP) is 0.364. The standard InChI is InChI=1S/C12H18N4O2/c1-7-5-8(2)14-12(10(7)11(13)15-18)16-4-3-9(17)6-16/h5,9,17-18H,3-4,6H2,1-2H3,(H2,13,15). The second kappa shape index (κ2) is 4.81. The van der Waals surface area contributed by atoms with Crippen LogP contribution in [0.1, 0.15) is 23.2 Å². The van der Waals surface area contributed by atoms with Crippen LogP contribution in [-0.2, 0) is 0 Å². The van der Waals surface area contributed by atoms with E-state index in [1.807, 2.05) is 24.8 Å². The van der Waals surface area contributed by atoms with E-state index in [2.05, 4.69) is 10.1 Å². The zero-order valence-corrected chi connectivity index (χ0v) is 10.6. The molecule has 1 aromatic heterocycles. The molecule has 0 aliphatic carbocycles. The van der Waals surface area contributed by atoms with Gasteiger partial charge in [0.2, 0.25) is 0 Å². The molecule has 4 N–H and O–H groups in total. The number of aliphatic hydroxyl groups excluding tert-OH is 1. The third-order valence-corrected chi connectivity index (χ3v) is 3.15. The number of nitrogens with two attached hydrogens (primary N) is 1. The van der Waals surface area contributed by atoms with Crippen LogP contribution in [-0.4, -0.2) is 40.3 Å². The Morgan fingerprint density at radius 2 is 2.28 bits per heavy atom. The van der Waals surface area contributed by atoms with Gasteiger partial charge in [-0.2, -0.15) is 0 Å². The number of oxime groups is 1. The largest absolute Gasteiger partial charge is 0.409 e. The van der Waals surface area contributed by atoms with Crippen LogP contribution < -0.4 is 10.6 Å². The van der Waals surface area contributed by atoms with Gasteiger partial charge in [-0.15, -0.1) is 0 Å². The molecule has 1 atom stereocenters. The highest BCUT2D eigenvalue weighted by Gasteiger charge is 2.25. The van der Waals surface area contributed by atoms with Crippen molar-refractivity contribution in [3.05, 3.63) is 22.9 Å². The molecule has 0 bridgehead atoms.